The molecule has 1 saturated heterocycles. The van der Waals surface area contributed by atoms with Crippen molar-refractivity contribution in [3.8, 4) is 0 Å². The first kappa shape index (κ1) is 20.6. The van der Waals surface area contributed by atoms with Gasteiger partial charge < -0.3 is 16.0 Å². The molecule has 9 heteroatoms. The molecular weight excluding hydrogens is 374 g/mol. The third kappa shape index (κ3) is 4.67. The highest BCUT2D eigenvalue weighted by atomic mass is 16.2. The number of urea groups is 1. The van der Waals surface area contributed by atoms with Gasteiger partial charge in [0.25, 0.3) is 17.7 Å². The van der Waals surface area contributed by atoms with Crippen molar-refractivity contribution in [2.45, 2.75) is 51.0 Å². The van der Waals surface area contributed by atoms with Crippen LogP contribution in [0.25, 0.3) is 0 Å². The molecule has 0 bridgehead atoms. The summed E-state index contributed by atoms with van der Waals surface area (Å²) in [5.41, 5.74) is 2.57. The zero-order valence-corrected chi connectivity index (χ0v) is 16.5. The highest BCUT2D eigenvalue weighted by molar-refractivity contribution is 6.08. The molecule has 2 aliphatic rings. The lowest BCUT2D eigenvalue weighted by atomic mass is 9.82. The van der Waals surface area contributed by atoms with Crippen LogP contribution in [0.2, 0.25) is 0 Å². The number of anilines is 1. The van der Waals surface area contributed by atoms with Crippen LogP contribution < -0.4 is 21.4 Å². The Morgan fingerprint density at radius 2 is 1.93 bits per heavy atom. The molecule has 0 atom stereocenters. The molecule has 1 spiro atoms. The van der Waals surface area contributed by atoms with E-state index in [2.05, 4.69) is 21.4 Å². The van der Waals surface area contributed by atoms with Gasteiger partial charge >= 0.3 is 6.03 Å². The van der Waals surface area contributed by atoms with E-state index in [-0.39, 0.29) is 12.5 Å². The average molecular weight is 401 g/mol. The summed E-state index contributed by atoms with van der Waals surface area (Å²) in [5, 5.41) is 9.23. The summed E-state index contributed by atoms with van der Waals surface area (Å²) < 4.78 is 0. The lowest BCUT2D eigenvalue weighted by molar-refractivity contribution is -0.139. The van der Waals surface area contributed by atoms with Gasteiger partial charge in [-0.2, -0.15) is 5.01 Å². The molecule has 1 heterocycles. The fraction of sp³-hybridized carbons (Fsp3) is 0.500. The van der Waals surface area contributed by atoms with Gasteiger partial charge in [0.2, 0.25) is 0 Å². The summed E-state index contributed by atoms with van der Waals surface area (Å²) in [6.45, 7) is 2.41. The van der Waals surface area contributed by atoms with E-state index in [1.807, 2.05) is 6.92 Å². The first-order valence-electron chi connectivity index (χ1n) is 10.0. The Hall–Kier alpha value is -3.10. The second-order valence-corrected chi connectivity index (χ2v) is 7.44. The number of benzene rings is 1. The molecule has 9 nitrogen and oxygen atoms in total. The first-order chi connectivity index (χ1) is 13.9. The molecule has 2 fully saturated rings. The van der Waals surface area contributed by atoms with Gasteiger partial charge in [-0.3, -0.25) is 19.8 Å². The predicted octanol–water partition coefficient (Wildman–Crippen LogP) is 1.52. The van der Waals surface area contributed by atoms with Gasteiger partial charge in [0.15, 0.2) is 0 Å². The Kier molecular flexibility index (Phi) is 6.36. The maximum atomic E-state index is 12.7. The highest BCUT2D eigenvalue weighted by Gasteiger charge is 2.52. The topological polar surface area (TPSA) is 120 Å². The summed E-state index contributed by atoms with van der Waals surface area (Å²) in [7, 11) is 0. The molecule has 3 rings (SSSR count). The SMILES string of the molecule is CCCNC(=O)c1cccc(NCC(=O)NN2C(=O)NC3(CCCCC3)C2=O)c1. The number of nitrogens with zero attached hydrogens (tertiary/aromatic N) is 1. The normalized spacial score (nSPS) is 17.8. The number of rotatable bonds is 7. The molecule has 1 aromatic carbocycles. The van der Waals surface area contributed by atoms with E-state index in [1.54, 1.807) is 24.3 Å². The fourth-order valence-electron chi connectivity index (χ4n) is 3.67. The van der Waals surface area contributed by atoms with Crippen LogP contribution in [0.4, 0.5) is 10.5 Å². The predicted molar refractivity (Wildman–Crippen MR) is 107 cm³/mol. The maximum absolute atomic E-state index is 12.7. The third-order valence-electron chi connectivity index (χ3n) is 5.22. The Morgan fingerprint density at radius 1 is 1.17 bits per heavy atom. The fourth-order valence-corrected chi connectivity index (χ4v) is 3.67. The largest absolute Gasteiger partial charge is 0.376 e. The Morgan fingerprint density at radius 3 is 2.66 bits per heavy atom. The van der Waals surface area contributed by atoms with E-state index in [0.29, 0.717) is 30.6 Å². The number of hydrazine groups is 1. The van der Waals surface area contributed by atoms with Gasteiger partial charge in [0.1, 0.15) is 5.54 Å². The van der Waals surface area contributed by atoms with Gasteiger partial charge in [-0.15, -0.1) is 0 Å². The van der Waals surface area contributed by atoms with E-state index in [0.717, 1.165) is 30.7 Å². The van der Waals surface area contributed by atoms with E-state index in [4.69, 9.17) is 0 Å². The molecule has 0 unspecified atom stereocenters. The molecular formula is C20H27N5O4. The van der Waals surface area contributed by atoms with Crippen molar-refractivity contribution < 1.29 is 19.2 Å². The lowest BCUT2D eigenvalue weighted by Crippen LogP contribution is -2.51. The van der Waals surface area contributed by atoms with Crippen LogP contribution >= 0.6 is 0 Å². The van der Waals surface area contributed by atoms with Gasteiger partial charge in [-0.05, 0) is 37.5 Å². The zero-order valence-electron chi connectivity index (χ0n) is 16.5. The number of imide groups is 1. The number of carbonyl (C=O) groups is 4. The Balaban J connectivity index is 1.54. The molecule has 4 N–H and O–H groups in total. The highest BCUT2D eigenvalue weighted by Crippen LogP contribution is 2.32. The molecule has 0 aromatic heterocycles. The van der Waals surface area contributed by atoms with Gasteiger partial charge in [0.05, 0.1) is 6.54 Å². The third-order valence-corrected chi connectivity index (χ3v) is 5.22. The van der Waals surface area contributed by atoms with E-state index in [1.165, 1.54) is 0 Å². The number of amides is 5. The van der Waals surface area contributed by atoms with Gasteiger partial charge in [-0.1, -0.05) is 32.3 Å². The zero-order chi connectivity index (χ0) is 20.9. The maximum Gasteiger partial charge on any atom is 0.344 e. The van der Waals surface area contributed by atoms with Crippen LogP contribution in [0.5, 0.6) is 0 Å². The van der Waals surface area contributed by atoms with E-state index in [9.17, 15) is 19.2 Å². The van der Waals surface area contributed by atoms with Crippen molar-refractivity contribution in [3.05, 3.63) is 29.8 Å². The number of hydrogen-bond donors (Lipinski definition) is 4. The van der Waals surface area contributed by atoms with Crippen LogP contribution in [0.15, 0.2) is 24.3 Å². The summed E-state index contributed by atoms with van der Waals surface area (Å²) in [4.78, 5) is 49.2. The van der Waals surface area contributed by atoms with Crippen LogP contribution in [0, 0.1) is 0 Å². The Labute approximate surface area is 169 Å². The van der Waals surface area contributed by atoms with Crippen molar-refractivity contribution >= 4 is 29.4 Å². The molecule has 1 saturated carbocycles. The van der Waals surface area contributed by atoms with Crippen LogP contribution in [-0.2, 0) is 9.59 Å². The smallest absolute Gasteiger partial charge is 0.344 e. The lowest BCUT2D eigenvalue weighted by Gasteiger charge is -2.30. The minimum Gasteiger partial charge on any atom is -0.376 e. The van der Waals surface area contributed by atoms with E-state index >= 15 is 0 Å². The van der Waals surface area contributed by atoms with Crippen molar-refractivity contribution in [2.75, 3.05) is 18.4 Å². The standard InChI is InChI=1S/C20H27N5O4/c1-2-11-21-17(27)14-7-6-8-15(12-14)22-13-16(26)24-25-18(28)20(23-19(25)29)9-4-3-5-10-20/h6-8,12,22H,2-5,9-11,13H2,1H3,(H,21,27)(H,23,29)(H,24,26). The number of nitrogens with one attached hydrogen (secondary N) is 4. The first-order valence-corrected chi connectivity index (χ1v) is 10.0. The summed E-state index contributed by atoms with van der Waals surface area (Å²) in [6, 6.07) is 6.18. The minimum atomic E-state index is -0.879. The quantitative estimate of drug-likeness (QED) is 0.517. The molecule has 1 aromatic rings. The Bertz CT molecular complexity index is 804. The summed E-state index contributed by atoms with van der Waals surface area (Å²) >= 11 is 0. The number of hydrogen-bond acceptors (Lipinski definition) is 5. The van der Waals surface area contributed by atoms with Gasteiger partial charge in [-0.25, -0.2) is 4.79 Å². The van der Waals surface area contributed by atoms with Crippen molar-refractivity contribution in [2.24, 2.45) is 0 Å². The van der Waals surface area contributed by atoms with Crippen LogP contribution in [0.3, 0.4) is 0 Å². The van der Waals surface area contributed by atoms with Gasteiger partial charge in [0, 0.05) is 17.8 Å². The van der Waals surface area contributed by atoms with Crippen molar-refractivity contribution in [3.63, 3.8) is 0 Å². The van der Waals surface area contributed by atoms with Crippen molar-refractivity contribution in [1.82, 2.24) is 21.1 Å². The van der Waals surface area contributed by atoms with Crippen LogP contribution in [-0.4, -0.2) is 47.4 Å². The molecule has 0 radical (unpaired) electrons. The second kappa shape index (κ2) is 8.93. The minimum absolute atomic E-state index is 0.149. The second-order valence-electron chi connectivity index (χ2n) is 7.44. The number of carbonyl (C=O) groups excluding carboxylic acids is 4. The monoisotopic (exact) mass is 401 g/mol. The summed E-state index contributed by atoms with van der Waals surface area (Å²) in [6.07, 6.45) is 4.81. The summed E-state index contributed by atoms with van der Waals surface area (Å²) in [5.74, 6) is -1.11. The molecule has 156 valence electrons. The molecule has 1 aliphatic carbocycles. The van der Waals surface area contributed by atoms with Crippen LogP contribution in [0.1, 0.15) is 55.8 Å². The van der Waals surface area contributed by atoms with E-state index < -0.39 is 23.4 Å². The average Bonchev–Trinajstić information content (AvgIpc) is 2.95. The molecule has 1 aliphatic heterocycles. The molecule has 5 amide bonds. The van der Waals surface area contributed by atoms with Crippen molar-refractivity contribution in [1.29, 1.82) is 0 Å². The molecule has 29 heavy (non-hydrogen) atoms.